The van der Waals surface area contributed by atoms with Gasteiger partial charge in [-0.25, -0.2) is 4.39 Å². The summed E-state index contributed by atoms with van der Waals surface area (Å²) in [7, 11) is 0. The normalized spacial score (nSPS) is 11.6. The zero-order valence-corrected chi connectivity index (χ0v) is 18.1. The summed E-state index contributed by atoms with van der Waals surface area (Å²) in [6.45, 7) is 1.78. The summed E-state index contributed by atoms with van der Waals surface area (Å²) >= 11 is 13.3. The van der Waals surface area contributed by atoms with Gasteiger partial charge in [-0.05, 0) is 73.7 Å². The third-order valence-electron chi connectivity index (χ3n) is 4.08. The lowest BCUT2D eigenvalue weighted by Crippen LogP contribution is -2.22. The molecule has 3 rings (SSSR count). The Labute approximate surface area is 187 Å². The van der Waals surface area contributed by atoms with Crippen LogP contribution in [0.3, 0.4) is 0 Å². The molecule has 0 aliphatic rings. The van der Waals surface area contributed by atoms with Crippen LogP contribution < -0.4 is 10.6 Å². The minimum absolute atomic E-state index is 0.193. The van der Waals surface area contributed by atoms with E-state index in [1.807, 2.05) is 12.1 Å². The second kappa shape index (κ2) is 9.98. The van der Waals surface area contributed by atoms with Gasteiger partial charge in [0, 0.05) is 21.3 Å². The van der Waals surface area contributed by atoms with Gasteiger partial charge in [0.2, 0.25) is 5.91 Å². The highest BCUT2D eigenvalue weighted by molar-refractivity contribution is 8.00. The van der Waals surface area contributed by atoms with Crippen molar-refractivity contribution in [2.75, 3.05) is 10.6 Å². The number of carbonyl (C=O) groups excluding carboxylic acids is 2. The summed E-state index contributed by atoms with van der Waals surface area (Å²) in [6.07, 6.45) is 0. The number of nitrogens with one attached hydrogen (secondary N) is 2. The Kier molecular flexibility index (Phi) is 7.37. The molecule has 0 aliphatic heterocycles. The van der Waals surface area contributed by atoms with Crippen LogP contribution in [-0.4, -0.2) is 17.1 Å². The van der Waals surface area contributed by atoms with Gasteiger partial charge in [-0.2, -0.15) is 0 Å². The molecule has 2 amide bonds. The lowest BCUT2D eigenvalue weighted by Gasteiger charge is -2.13. The SMILES string of the molecule is CC(Sc1ccc(NC(=O)c2ccc(Cl)cc2Cl)cc1)C(=O)Nc1ccc(F)cc1. The topological polar surface area (TPSA) is 58.2 Å². The lowest BCUT2D eigenvalue weighted by atomic mass is 10.2. The van der Waals surface area contributed by atoms with Crippen LogP contribution in [-0.2, 0) is 4.79 Å². The van der Waals surface area contributed by atoms with Crippen molar-refractivity contribution in [3.63, 3.8) is 0 Å². The number of carbonyl (C=O) groups is 2. The fourth-order valence-corrected chi connectivity index (χ4v) is 3.89. The summed E-state index contributed by atoms with van der Waals surface area (Å²) in [4.78, 5) is 25.6. The van der Waals surface area contributed by atoms with E-state index in [2.05, 4.69) is 10.6 Å². The minimum Gasteiger partial charge on any atom is -0.325 e. The fraction of sp³-hybridized carbons (Fsp3) is 0.0909. The summed E-state index contributed by atoms with van der Waals surface area (Å²) in [6, 6.07) is 17.4. The number of hydrogen-bond acceptors (Lipinski definition) is 3. The lowest BCUT2D eigenvalue weighted by molar-refractivity contribution is -0.115. The Bertz CT molecular complexity index is 1060. The van der Waals surface area contributed by atoms with Crippen molar-refractivity contribution in [1.29, 1.82) is 0 Å². The highest BCUT2D eigenvalue weighted by Gasteiger charge is 2.15. The fourth-order valence-electron chi connectivity index (χ4n) is 2.52. The number of thioether (sulfide) groups is 1. The highest BCUT2D eigenvalue weighted by Crippen LogP contribution is 2.27. The molecule has 0 heterocycles. The van der Waals surface area contributed by atoms with Crippen molar-refractivity contribution in [2.24, 2.45) is 0 Å². The molecule has 0 spiro atoms. The highest BCUT2D eigenvalue weighted by atomic mass is 35.5. The van der Waals surface area contributed by atoms with E-state index >= 15 is 0 Å². The first kappa shape index (κ1) is 22.2. The maximum absolute atomic E-state index is 13.0. The monoisotopic (exact) mass is 462 g/mol. The molecule has 30 heavy (non-hydrogen) atoms. The van der Waals surface area contributed by atoms with Crippen molar-refractivity contribution >= 4 is 58.2 Å². The third kappa shape index (κ3) is 5.98. The van der Waals surface area contributed by atoms with Gasteiger partial charge in [-0.3, -0.25) is 9.59 Å². The molecule has 3 aromatic rings. The van der Waals surface area contributed by atoms with Crippen LogP contribution in [0.1, 0.15) is 17.3 Å². The first-order valence-electron chi connectivity index (χ1n) is 8.91. The van der Waals surface area contributed by atoms with Crippen LogP contribution in [0.2, 0.25) is 10.0 Å². The Morgan fingerprint density at radius 3 is 2.13 bits per heavy atom. The number of halogens is 3. The van der Waals surface area contributed by atoms with Crippen molar-refractivity contribution in [3.8, 4) is 0 Å². The summed E-state index contributed by atoms with van der Waals surface area (Å²) in [5.74, 6) is -0.897. The molecule has 0 radical (unpaired) electrons. The number of amides is 2. The van der Waals surface area contributed by atoms with Crippen LogP contribution in [0, 0.1) is 5.82 Å². The van der Waals surface area contributed by atoms with Crippen molar-refractivity contribution in [3.05, 3.63) is 88.2 Å². The number of anilines is 2. The molecule has 0 saturated carbocycles. The van der Waals surface area contributed by atoms with E-state index in [9.17, 15) is 14.0 Å². The molecular formula is C22H17Cl2FN2O2S. The number of benzene rings is 3. The zero-order chi connectivity index (χ0) is 21.7. The van der Waals surface area contributed by atoms with Crippen LogP contribution in [0.5, 0.6) is 0 Å². The smallest absolute Gasteiger partial charge is 0.257 e. The largest absolute Gasteiger partial charge is 0.325 e. The van der Waals surface area contributed by atoms with E-state index in [1.165, 1.54) is 42.1 Å². The average molecular weight is 463 g/mol. The Morgan fingerprint density at radius 1 is 0.900 bits per heavy atom. The molecule has 2 N–H and O–H groups in total. The van der Waals surface area contributed by atoms with E-state index in [0.717, 1.165) is 4.90 Å². The molecule has 8 heteroatoms. The molecule has 1 atom stereocenters. The maximum atomic E-state index is 13.0. The van der Waals surface area contributed by atoms with Gasteiger partial charge in [-0.1, -0.05) is 23.2 Å². The number of rotatable bonds is 6. The van der Waals surface area contributed by atoms with Crippen molar-refractivity contribution in [2.45, 2.75) is 17.1 Å². The quantitative estimate of drug-likeness (QED) is 0.410. The second-order valence-corrected chi connectivity index (χ2v) is 8.62. The maximum Gasteiger partial charge on any atom is 0.257 e. The van der Waals surface area contributed by atoms with Gasteiger partial charge < -0.3 is 10.6 Å². The minimum atomic E-state index is -0.372. The third-order valence-corrected chi connectivity index (χ3v) is 5.74. The van der Waals surface area contributed by atoms with Crippen LogP contribution in [0.25, 0.3) is 0 Å². The van der Waals surface area contributed by atoms with Crippen molar-refractivity contribution < 1.29 is 14.0 Å². The van der Waals surface area contributed by atoms with E-state index in [4.69, 9.17) is 23.2 Å². The summed E-state index contributed by atoms with van der Waals surface area (Å²) < 4.78 is 13.0. The van der Waals surface area contributed by atoms with Gasteiger partial charge in [0.15, 0.2) is 0 Å². The van der Waals surface area contributed by atoms with Gasteiger partial charge in [0.05, 0.1) is 15.8 Å². The molecule has 0 fully saturated rings. The molecule has 1 unspecified atom stereocenters. The van der Waals surface area contributed by atoms with Gasteiger partial charge in [0.25, 0.3) is 5.91 Å². The predicted molar refractivity (Wildman–Crippen MR) is 121 cm³/mol. The van der Waals surface area contributed by atoms with Crippen LogP contribution >= 0.6 is 35.0 Å². The van der Waals surface area contributed by atoms with Crippen LogP contribution in [0.4, 0.5) is 15.8 Å². The van der Waals surface area contributed by atoms with E-state index in [0.29, 0.717) is 22.0 Å². The molecule has 3 aromatic carbocycles. The standard InChI is InChI=1S/C22H17Cl2FN2O2S/c1-13(21(28)26-16-5-3-15(25)4-6-16)30-18-9-7-17(8-10-18)27-22(29)19-11-2-14(23)12-20(19)24/h2-13H,1H3,(H,26,28)(H,27,29). The van der Waals surface area contributed by atoms with E-state index in [1.54, 1.807) is 31.2 Å². The van der Waals surface area contributed by atoms with E-state index in [-0.39, 0.29) is 27.9 Å². The predicted octanol–water partition coefficient (Wildman–Crippen LogP) is 6.50. The van der Waals surface area contributed by atoms with E-state index < -0.39 is 0 Å². The van der Waals surface area contributed by atoms with Crippen molar-refractivity contribution in [1.82, 2.24) is 0 Å². The molecule has 4 nitrogen and oxygen atoms in total. The Morgan fingerprint density at radius 2 is 1.50 bits per heavy atom. The summed E-state index contributed by atoms with van der Waals surface area (Å²) in [5.41, 5.74) is 1.46. The van der Waals surface area contributed by atoms with Crippen LogP contribution in [0.15, 0.2) is 71.6 Å². The molecule has 0 bridgehead atoms. The van der Waals surface area contributed by atoms with Gasteiger partial charge >= 0.3 is 0 Å². The molecule has 0 saturated heterocycles. The second-order valence-electron chi connectivity index (χ2n) is 6.36. The van der Waals surface area contributed by atoms with Gasteiger partial charge in [-0.15, -0.1) is 11.8 Å². The molecule has 0 aromatic heterocycles. The summed E-state index contributed by atoms with van der Waals surface area (Å²) in [5, 5.41) is 5.88. The molecule has 0 aliphatic carbocycles. The number of hydrogen-bond donors (Lipinski definition) is 2. The van der Waals surface area contributed by atoms with Gasteiger partial charge in [0.1, 0.15) is 5.82 Å². The Balaban J connectivity index is 1.57. The first-order chi connectivity index (χ1) is 14.3. The molecule has 154 valence electrons. The zero-order valence-electron chi connectivity index (χ0n) is 15.8. The first-order valence-corrected chi connectivity index (χ1v) is 10.5. The average Bonchev–Trinajstić information content (AvgIpc) is 2.71. The molecular weight excluding hydrogens is 446 g/mol. The Hall–Kier alpha value is -2.54.